The van der Waals surface area contributed by atoms with Crippen LogP contribution < -0.4 is 5.69 Å². The Hall–Kier alpha value is -1.11. The maximum atomic E-state index is 11.9. The molecule has 1 aromatic rings. The molecule has 2 rings (SSSR count). The molecule has 8 heteroatoms. The van der Waals surface area contributed by atoms with Crippen molar-refractivity contribution in [2.45, 2.75) is 51.8 Å². The minimum absolute atomic E-state index is 0.0511. The van der Waals surface area contributed by atoms with Crippen molar-refractivity contribution in [3.8, 4) is 0 Å². The zero-order valence-electron chi connectivity index (χ0n) is 13.5. The monoisotopic (exact) mass is 362 g/mol. The van der Waals surface area contributed by atoms with Crippen molar-refractivity contribution in [2.75, 3.05) is 6.61 Å². The summed E-state index contributed by atoms with van der Waals surface area (Å²) in [7, 11) is 0. The lowest BCUT2D eigenvalue weighted by Crippen LogP contribution is -2.31. The van der Waals surface area contributed by atoms with Crippen molar-refractivity contribution in [1.29, 1.82) is 0 Å². The molecule has 2 heterocycles. The summed E-state index contributed by atoms with van der Waals surface area (Å²) in [5, 5.41) is -0.196. The van der Waals surface area contributed by atoms with E-state index in [9.17, 15) is 9.59 Å². The van der Waals surface area contributed by atoms with Gasteiger partial charge in [0.15, 0.2) is 0 Å². The third kappa shape index (κ3) is 4.25. The normalized spacial score (nSPS) is 24.7. The van der Waals surface area contributed by atoms with Crippen molar-refractivity contribution >= 4 is 29.2 Å². The van der Waals surface area contributed by atoms with Gasteiger partial charge in [-0.1, -0.05) is 11.6 Å². The summed E-state index contributed by atoms with van der Waals surface area (Å²) < 4.78 is 12.4. The van der Waals surface area contributed by atoms with Gasteiger partial charge in [-0.2, -0.15) is 4.98 Å². The minimum Gasteiger partial charge on any atom is -0.462 e. The lowest BCUT2D eigenvalue weighted by Gasteiger charge is -2.20. The Morgan fingerprint density at radius 2 is 2.17 bits per heavy atom. The van der Waals surface area contributed by atoms with E-state index in [4.69, 9.17) is 32.7 Å². The molecule has 1 aromatic heterocycles. The molecule has 0 aromatic carbocycles. The lowest BCUT2D eigenvalue weighted by molar-refractivity contribution is -0.157. The van der Waals surface area contributed by atoms with Crippen LogP contribution in [-0.4, -0.2) is 33.6 Å². The fraction of sp³-hybridized carbons (Fsp3) is 0.667. The Balaban J connectivity index is 2.06. The Morgan fingerprint density at radius 1 is 1.52 bits per heavy atom. The van der Waals surface area contributed by atoms with Crippen LogP contribution in [0.15, 0.2) is 11.0 Å². The fourth-order valence-corrected chi connectivity index (χ4v) is 2.54. The molecule has 0 spiro atoms. The number of hydrogen-bond acceptors (Lipinski definition) is 5. The molecule has 128 valence electrons. The number of carbonyl (C=O) groups is 1. The van der Waals surface area contributed by atoms with Crippen LogP contribution in [0.5, 0.6) is 0 Å². The van der Waals surface area contributed by atoms with E-state index in [1.807, 2.05) is 0 Å². The van der Waals surface area contributed by atoms with Crippen LogP contribution in [0.4, 0.5) is 0 Å². The van der Waals surface area contributed by atoms with Gasteiger partial charge in [-0.05, 0) is 27.7 Å². The SMILES string of the molecule is Cc1cn([C@H]2C[C@@H](Cl)[C@@H](COC(=O)C(C)(C)C)O2)c(=O)nc1Cl. The first-order valence-electron chi connectivity index (χ1n) is 7.31. The van der Waals surface area contributed by atoms with Crippen molar-refractivity contribution in [3.63, 3.8) is 0 Å². The van der Waals surface area contributed by atoms with Gasteiger partial charge in [0.2, 0.25) is 0 Å². The zero-order chi connectivity index (χ0) is 17.4. The van der Waals surface area contributed by atoms with Crippen LogP contribution in [0.25, 0.3) is 0 Å². The van der Waals surface area contributed by atoms with E-state index in [2.05, 4.69) is 4.98 Å². The summed E-state index contributed by atoms with van der Waals surface area (Å²) in [5.41, 5.74) is -0.418. The maximum absolute atomic E-state index is 11.9. The predicted octanol–water partition coefficient (Wildman–Crippen LogP) is 2.69. The summed E-state index contributed by atoms with van der Waals surface area (Å²) in [5.74, 6) is -0.324. The van der Waals surface area contributed by atoms with Gasteiger partial charge in [-0.15, -0.1) is 11.6 Å². The van der Waals surface area contributed by atoms with Crippen LogP contribution >= 0.6 is 23.2 Å². The maximum Gasteiger partial charge on any atom is 0.351 e. The standard InChI is InChI=1S/C15H20Cl2N2O4/c1-8-6-19(14(21)18-12(8)17)11-5-9(16)10(23-11)7-22-13(20)15(2,3)4/h6,9-11H,5,7H2,1-4H3/t9-,10-,11-/m1/s1. The van der Waals surface area contributed by atoms with Gasteiger partial charge in [0.05, 0.1) is 10.8 Å². The second-order valence-electron chi connectivity index (χ2n) is 6.63. The minimum atomic E-state index is -0.589. The Labute approximate surface area is 144 Å². The zero-order valence-corrected chi connectivity index (χ0v) is 15.0. The van der Waals surface area contributed by atoms with Crippen LogP contribution in [0.2, 0.25) is 5.15 Å². The van der Waals surface area contributed by atoms with Crippen LogP contribution in [-0.2, 0) is 14.3 Å². The molecule has 0 amide bonds. The molecule has 0 bridgehead atoms. The van der Waals surface area contributed by atoms with E-state index in [-0.39, 0.29) is 23.1 Å². The average molecular weight is 363 g/mol. The molecule has 23 heavy (non-hydrogen) atoms. The Bertz CT molecular complexity index is 654. The van der Waals surface area contributed by atoms with E-state index < -0.39 is 23.4 Å². The van der Waals surface area contributed by atoms with Crippen molar-refractivity contribution in [2.24, 2.45) is 5.41 Å². The summed E-state index contributed by atoms with van der Waals surface area (Å²) >= 11 is 12.1. The number of hydrogen-bond donors (Lipinski definition) is 0. The first kappa shape index (κ1) is 18.2. The van der Waals surface area contributed by atoms with Gasteiger partial charge in [0, 0.05) is 18.2 Å². The van der Waals surface area contributed by atoms with Crippen molar-refractivity contribution in [3.05, 3.63) is 27.4 Å². The number of aromatic nitrogens is 2. The first-order valence-corrected chi connectivity index (χ1v) is 8.13. The molecule has 3 atom stereocenters. The van der Waals surface area contributed by atoms with Crippen molar-refractivity contribution in [1.82, 2.24) is 9.55 Å². The van der Waals surface area contributed by atoms with E-state index in [0.717, 1.165) is 0 Å². The van der Waals surface area contributed by atoms with E-state index in [1.165, 1.54) is 4.57 Å². The lowest BCUT2D eigenvalue weighted by atomic mass is 9.97. The number of ether oxygens (including phenoxy) is 2. The number of halogens is 2. The largest absolute Gasteiger partial charge is 0.462 e. The predicted molar refractivity (Wildman–Crippen MR) is 86.8 cm³/mol. The summed E-state index contributed by atoms with van der Waals surface area (Å²) in [6.45, 7) is 7.12. The molecule has 0 aliphatic carbocycles. The molecule has 1 aliphatic rings. The number of esters is 1. The molecule has 0 N–H and O–H groups in total. The highest BCUT2D eigenvalue weighted by molar-refractivity contribution is 6.30. The molecular weight excluding hydrogens is 343 g/mol. The molecule has 1 saturated heterocycles. The second kappa shape index (κ2) is 6.79. The summed E-state index contributed by atoms with van der Waals surface area (Å²) in [6.07, 6.45) is 0.986. The fourth-order valence-electron chi connectivity index (χ4n) is 2.14. The molecule has 1 aliphatic heterocycles. The third-order valence-corrected chi connectivity index (χ3v) is 4.38. The number of carbonyl (C=O) groups excluding carboxylic acids is 1. The molecule has 1 fully saturated rings. The smallest absolute Gasteiger partial charge is 0.351 e. The van der Waals surface area contributed by atoms with E-state index in [1.54, 1.807) is 33.9 Å². The van der Waals surface area contributed by atoms with Gasteiger partial charge >= 0.3 is 11.7 Å². The Morgan fingerprint density at radius 3 is 2.78 bits per heavy atom. The molecule has 0 radical (unpaired) electrons. The summed E-state index contributed by atoms with van der Waals surface area (Å²) in [6, 6.07) is 0. The first-order chi connectivity index (χ1) is 10.6. The highest BCUT2D eigenvalue weighted by atomic mass is 35.5. The number of aryl methyl sites for hydroxylation is 1. The van der Waals surface area contributed by atoms with E-state index >= 15 is 0 Å². The third-order valence-electron chi connectivity index (χ3n) is 3.54. The quantitative estimate of drug-likeness (QED) is 0.469. The second-order valence-corrected chi connectivity index (χ2v) is 7.55. The average Bonchev–Trinajstić information content (AvgIpc) is 2.80. The Kier molecular flexibility index (Phi) is 5.38. The van der Waals surface area contributed by atoms with Gasteiger partial charge in [0.25, 0.3) is 0 Å². The molecule has 0 unspecified atom stereocenters. The number of alkyl halides is 1. The van der Waals surface area contributed by atoms with Gasteiger partial charge in [-0.3, -0.25) is 9.36 Å². The van der Waals surface area contributed by atoms with Gasteiger partial charge in [-0.25, -0.2) is 4.79 Å². The van der Waals surface area contributed by atoms with E-state index in [0.29, 0.717) is 12.0 Å². The molecule has 0 saturated carbocycles. The molecule has 6 nitrogen and oxygen atoms in total. The highest BCUT2D eigenvalue weighted by Crippen LogP contribution is 2.32. The topological polar surface area (TPSA) is 70.4 Å². The summed E-state index contributed by atoms with van der Waals surface area (Å²) in [4.78, 5) is 27.5. The van der Waals surface area contributed by atoms with Crippen LogP contribution in [0.1, 0.15) is 39.0 Å². The van der Waals surface area contributed by atoms with Gasteiger partial charge in [0.1, 0.15) is 24.1 Å². The van der Waals surface area contributed by atoms with Gasteiger partial charge < -0.3 is 9.47 Å². The number of nitrogens with zero attached hydrogens (tertiary/aromatic N) is 2. The van der Waals surface area contributed by atoms with Crippen LogP contribution in [0.3, 0.4) is 0 Å². The molecular formula is C15H20Cl2N2O4. The van der Waals surface area contributed by atoms with Crippen LogP contribution in [0, 0.1) is 12.3 Å². The van der Waals surface area contributed by atoms with Crippen molar-refractivity contribution < 1.29 is 14.3 Å². The highest BCUT2D eigenvalue weighted by Gasteiger charge is 2.37. The number of rotatable bonds is 3.